The van der Waals surface area contributed by atoms with Crippen molar-refractivity contribution >= 4 is 11.6 Å². The highest BCUT2D eigenvalue weighted by atomic mass is 16.6. The molecule has 2 rings (SSSR count). The molecule has 0 atom stereocenters. The third kappa shape index (κ3) is 6.15. The number of rotatable bonds is 9. The number of aromatic nitrogens is 3. The molecule has 0 unspecified atom stereocenters. The fourth-order valence-corrected chi connectivity index (χ4v) is 2.40. The average molecular weight is 359 g/mol. The first-order chi connectivity index (χ1) is 12.6. The van der Waals surface area contributed by atoms with Crippen LogP contribution in [0.3, 0.4) is 0 Å². The van der Waals surface area contributed by atoms with Gasteiger partial charge < -0.3 is 10.6 Å². The first kappa shape index (κ1) is 19.4. The SMILES string of the molecule is CCNC(=NCc1ncnn1C)NCCCCc1ccc([N+](=O)[O-])cc1. The van der Waals surface area contributed by atoms with E-state index in [9.17, 15) is 10.1 Å². The average Bonchev–Trinajstić information content (AvgIpc) is 3.04. The molecule has 9 nitrogen and oxygen atoms in total. The second-order valence-corrected chi connectivity index (χ2v) is 5.80. The smallest absolute Gasteiger partial charge is 0.269 e. The van der Waals surface area contributed by atoms with E-state index in [4.69, 9.17) is 0 Å². The van der Waals surface area contributed by atoms with E-state index in [1.165, 1.54) is 6.33 Å². The number of nitro groups is 1. The Bertz CT molecular complexity index is 725. The van der Waals surface area contributed by atoms with Gasteiger partial charge in [-0.05, 0) is 31.7 Å². The molecule has 26 heavy (non-hydrogen) atoms. The van der Waals surface area contributed by atoms with E-state index in [2.05, 4.69) is 25.7 Å². The molecular weight excluding hydrogens is 334 g/mol. The Morgan fingerprint density at radius 1 is 1.27 bits per heavy atom. The summed E-state index contributed by atoms with van der Waals surface area (Å²) in [5, 5.41) is 21.2. The minimum Gasteiger partial charge on any atom is -0.357 e. The van der Waals surface area contributed by atoms with Crippen LogP contribution >= 0.6 is 0 Å². The van der Waals surface area contributed by atoms with Crippen molar-refractivity contribution < 1.29 is 4.92 Å². The zero-order valence-corrected chi connectivity index (χ0v) is 15.2. The molecule has 1 heterocycles. The van der Waals surface area contributed by atoms with Crippen molar-refractivity contribution in [1.29, 1.82) is 0 Å². The van der Waals surface area contributed by atoms with Crippen molar-refractivity contribution in [3.05, 3.63) is 52.1 Å². The predicted molar refractivity (Wildman–Crippen MR) is 99.9 cm³/mol. The van der Waals surface area contributed by atoms with Crippen molar-refractivity contribution in [2.75, 3.05) is 13.1 Å². The molecule has 0 bridgehead atoms. The zero-order chi connectivity index (χ0) is 18.8. The maximum absolute atomic E-state index is 10.6. The lowest BCUT2D eigenvalue weighted by atomic mass is 10.1. The lowest BCUT2D eigenvalue weighted by Gasteiger charge is -2.11. The largest absolute Gasteiger partial charge is 0.357 e. The minimum atomic E-state index is -0.379. The highest BCUT2D eigenvalue weighted by molar-refractivity contribution is 5.79. The number of aryl methyl sites for hydroxylation is 2. The Morgan fingerprint density at radius 2 is 2.04 bits per heavy atom. The second-order valence-electron chi connectivity index (χ2n) is 5.80. The molecule has 0 amide bonds. The summed E-state index contributed by atoms with van der Waals surface area (Å²) in [5.74, 6) is 1.56. The predicted octanol–water partition coefficient (Wildman–Crippen LogP) is 1.80. The van der Waals surface area contributed by atoms with Crippen molar-refractivity contribution in [3.8, 4) is 0 Å². The van der Waals surface area contributed by atoms with Crippen LogP contribution in [0.4, 0.5) is 5.69 Å². The van der Waals surface area contributed by atoms with Gasteiger partial charge in [0.25, 0.3) is 5.69 Å². The highest BCUT2D eigenvalue weighted by Crippen LogP contribution is 2.13. The van der Waals surface area contributed by atoms with Crippen LogP contribution in [0.15, 0.2) is 35.6 Å². The van der Waals surface area contributed by atoms with Crippen molar-refractivity contribution in [2.45, 2.75) is 32.7 Å². The van der Waals surface area contributed by atoms with Crippen molar-refractivity contribution in [3.63, 3.8) is 0 Å². The molecule has 0 aliphatic rings. The Hall–Kier alpha value is -2.97. The third-order valence-corrected chi connectivity index (χ3v) is 3.86. The van der Waals surface area contributed by atoms with Crippen LogP contribution in [0.5, 0.6) is 0 Å². The molecule has 0 aliphatic heterocycles. The van der Waals surface area contributed by atoms with Crippen molar-refractivity contribution in [2.24, 2.45) is 12.0 Å². The lowest BCUT2D eigenvalue weighted by Crippen LogP contribution is -2.37. The monoisotopic (exact) mass is 359 g/mol. The summed E-state index contributed by atoms with van der Waals surface area (Å²) in [5.41, 5.74) is 1.24. The van der Waals surface area contributed by atoms with Crippen LogP contribution in [0.25, 0.3) is 0 Å². The van der Waals surface area contributed by atoms with Crippen LogP contribution in [-0.2, 0) is 20.0 Å². The van der Waals surface area contributed by atoms with Crippen LogP contribution < -0.4 is 10.6 Å². The Morgan fingerprint density at radius 3 is 2.65 bits per heavy atom. The normalized spacial score (nSPS) is 11.4. The van der Waals surface area contributed by atoms with Crippen molar-refractivity contribution in [1.82, 2.24) is 25.4 Å². The van der Waals surface area contributed by atoms with Gasteiger partial charge in [0.1, 0.15) is 18.7 Å². The molecule has 0 aliphatic carbocycles. The standard InChI is InChI=1S/C17H25N7O2/c1-3-18-17(20-12-16-21-13-22-23(16)2)19-11-5-4-6-14-7-9-15(10-8-14)24(25)26/h7-10,13H,3-6,11-12H2,1-2H3,(H2,18,19,20). The molecule has 9 heteroatoms. The Balaban J connectivity index is 1.72. The lowest BCUT2D eigenvalue weighted by molar-refractivity contribution is -0.384. The number of nitro benzene ring substituents is 1. The fourth-order valence-electron chi connectivity index (χ4n) is 2.40. The molecule has 2 aromatic rings. The van der Waals surface area contributed by atoms with Gasteiger partial charge in [-0.15, -0.1) is 0 Å². The first-order valence-electron chi connectivity index (χ1n) is 8.68. The number of hydrogen-bond acceptors (Lipinski definition) is 5. The highest BCUT2D eigenvalue weighted by Gasteiger charge is 2.04. The molecular formula is C17H25N7O2. The molecule has 1 aromatic heterocycles. The summed E-state index contributed by atoms with van der Waals surface area (Å²) in [6.45, 7) is 4.08. The van der Waals surface area contributed by atoms with Gasteiger partial charge in [-0.1, -0.05) is 12.1 Å². The Kier molecular flexibility index (Phi) is 7.53. The van der Waals surface area contributed by atoms with E-state index in [1.807, 2.05) is 26.1 Å². The number of nitrogens with zero attached hydrogens (tertiary/aromatic N) is 5. The molecule has 0 spiro atoms. The van der Waals surface area contributed by atoms with Crippen LogP contribution in [0.1, 0.15) is 31.2 Å². The first-order valence-corrected chi connectivity index (χ1v) is 8.68. The number of unbranched alkanes of at least 4 members (excludes halogenated alkanes) is 1. The number of guanidine groups is 1. The maximum atomic E-state index is 10.6. The summed E-state index contributed by atoms with van der Waals surface area (Å²) in [4.78, 5) is 18.9. The summed E-state index contributed by atoms with van der Waals surface area (Å²) >= 11 is 0. The molecule has 0 saturated carbocycles. The summed E-state index contributed by atoms with van der Waals surface area (Å²) in [6.07, 6.45) is 4.38. The van der Waals surface area contributed by atoms with E-state index in [-0.39, 0.29) is 10.6 Å². The van der Waals surface area contributed by atoms with E-state index in [0.29, 0.717) is 6.54 Å². The molecule has 0 radical (unpaired) electrons. The van der Waals surface area contributed by atoms with Crippen LogP contribution in [0, 0.1) is 10.1 Å². The molecule has 1 aromatic carbocycles. The number of aliphatic imine (C=N–C) groups is 1. The van der Waals surface area contributed by atoms with Gasteiger partial charge in [-0.25, -0.2) is 9.98 Å². The number of nitrogens with one attached hydrogen (secondary N) is 2. The van der Waals surface area contributed by atoms with Crippen LogP contribution in [0.2, 0.25) is 0 Å². The van der Waals surface area contributed by atoms with Gasteiger partial charge in [0.2, 0.25) is 0 Å². The quantitative estimate of drug-likeness (QED) is 0.232. The molecule has 140 valence electrons. The fraction of sp³-hybridized carbons (Fsp3) is 0.471. The molecule has 2 N–H and O–H groups in total. The molecule has 0 fully saturated rings. The van der Waals surface area contributed by atoms with Crippen LogP contribution in [-0.4, -0.2) is 38.7 Å². The third-order valence-electron chi connectivity index (χ3n) is 3.86. The van der Waals surface area contributed by atoms with E-state index < -0.39 is 0 Å². The van der Waals surface area contributed by atoms with Gasteiger partial charge >= 0.3 is 0 Å². The van der Waals surface area contributed by atoms with Gasteiger partial charge in [0.15, 0.2) is 5.96 Å². The number of benzene rings is 1. The van der Waals surface area contributed by atoms with E-state index in [0.717, 1.165) is 49.7 Å². The topological polar surface area (TPSA) is 110 Å². The van der Waals surface area contributed by atoms with Gasteiger partial charge in [0.05, 0.1) is 4.92 Å². The van der Waals surface area contributed by atoms with Gasteiger partial charge in [-0.3, -0.25) is 14.8 Å². The summed E-state index contributed by atoms with van der Waals surface area (Å²) < 4.78 is 1.71. The number of non-ortho nitro benzene ring substituents is 1. The minimum absolute atomic E-state index is 0.129. The zero-order valence-electron chi connectivity index (χ0n) is 15.2. The maximum Gasteiger partial charge on any atom is 0.269 e. The Labute approximate surface area is 152 Å². The summed E-state index contributed by atoms with van der Waals surface area (Å²) in [6, 6.07) is 6.74. The van der Waals surface area contributed by atoms with E-state index in [1.54, 1.807) is 16.8 Å². The second kappa shape index (κ2) is 10.1. The molecule has 0 saturated heterocycles. The number of hydrogen-bond donors (Lipinski definition) is 2. The summed E-state index contributed by atoms with van der Waals surface area (Å²) in [7, 11) is 1.84. The van der Waals surface area contributed by atoms with Gasteiger partial charge in [-0.2, -0.15) is 5.10 Å². The van der Waals surface area contributed by atoms with E-state index >= 15 is 0 Å². The van der Waals surface area contributed by atoms with Gasteiger partial charge in [0, 0.05) is 32.3 Å².